The smallest absolute Gasteiger partial charge is 0.307 e. The van der Waals surface area contributed by atoms with Crippen LogP contribution < -0.4 is 21.3 Å². The van der Waals surface area contributed by atoms with E-state index in [1.54, 1.807) is 6.92 Å². The number of rotatable bonds is 24. The third-order valence-corrected chi connectivity index (χ3v) is 10.3. The van der Waals surface area contributed by atoms with Crippen molar-refractivity contribution in [3.8, 4) is 12.3 Å². The lowest BCUT2D eigenvalue weighted by molar-refractivity contribution is -0.167. The molecule has 0 saturated carbocycles. The predicted octanol–water partition coefficient (Wildman–Crippen LogP) is 3.92. The first-order valence-electron chi connectivity index (χ1n) is 20.9. The van der Waals surface area contributed by atoms with Crippen molar-refractivity contribution in [2.45, 2.75) is 123 Å². The van der Waals surface area contributed by atoms with Crippen LogP contribution in [0.2, 0.25) is 0 Å². The molecule has 1 aliphatic rings. The highest BCUT2D eigenvalue weighted by molar-refractivity contribution is 5.98. The Morgan fingerprint density at radius 2 is 1.29 bits per heavy atom. The summed E-state index contributed by atoms with van der Waals surface area (Å²) < 4.78 is 11.1. The van der Waals surface area contributed by atoms with Crippen molar-refractivity contribution in [1.82, 2.24) is 26.2 Å². The van der Waals surface area contributed by atoms with Gasteiger partial charge in [0.1, 0.15) is 18.1 Å². The number of benzene rings is 2. The summed E-state index contributed by atoms with van der Waals surface area (Å²) in [5.74, 6) is -0.758. The molecule has 5 atom stereocenters. The average molecular weight is 816 g/mol. The SMILES string of the molecule is C#CCCC(=O)O[C@](C)(CC)C(=O)[C@H](CC(C)C)NC(=O)[C@H](Cc1ccccc1)NC(=O)[C@H](CC(C)C)NC(=O)[C@H](CCc1ccccc1)NC(=O)CN1CCOCC1. The molecule has 1 heterocycles. The molecule has 0 radical (unpaired) electrons. The van der Waals surface area contributed by atoms with Gasteiger partial charge in [0.25, 0.3) is 0 Å². The Labute approximate surface area is 350 Å². The van der Waals surface area contributed by atoms with Crippen molar-refractivity contribution in [2.75, 3.05) is 32.8 Å². The first-order valence-corrected chi connectivity index (χ1v) is 20.9. The highest BCUT2D eigenvalue weighted by Gasteiger charge is 2.41. The van der Waals surface area contributed by atoms with Crippen LogP contribution in [0, 0.1) is 24.2 Å². The molecule has 0 unspecified atom stereocenters. The van der Waals surface area contributed by atoms with Gasteiger partial charge in [-0.15, -0.1) is 12.3 Å². The van der Waals surface area contributed by atoms with Gasteiger partial charge in [0.15, 0.2) is 11.4 Å². The number of hydrogen-bond acceptors (Lipinski definition) is 9. The topological polar surface area (TPSA) is 172 Å². The Bertz CT molecular complexity index is 1710. The van der Waals surface area contributed by atoms with E-state index in [2.05, 4.69) is 27.2 Å². The quantitative estimate of drug-likeness (QED) is 0.0906. The van der Waals surface area contributed by atoms with Crippen molar-refractivity contribution >= 4 is 35.4 Å². The number of carbonyl (C=O) groups excluding carboxylic acids is 6. The summed E-state index contributed by atoms with van der Waals surface area (Å²) in [4.78, 5) is 84.6. The fourth-order valence-corrected chi connectivity index (χ4v) is 6.85. The Morgan fingerprint density at radius 1 is 0.763 bits per heavy atom. The molecule has 1 saturated heterocycles. The maximum atomic E-state index is 14.3. The molecule has 1 fully saturated rings. The van der Waals surface area contributed by atoms with Gasteiger partial charge in [0.2, 0.25) is 23.6 Å². The summed E-state index contributed by atoms with van der Waals surface area (Å²) in [7, 11) is 0. The minimum atomic E-state index is -1.53. The minimum Gasteiger partial charge on any atom is -0.451 e. The lowest BCUT2D eigenvalue weighted by Gasteiger charge is -2.33. The van der Waals surface area contributed by atoms with Crippen LogP contribution in [0.5, 0.6) is 0 Å². The number of nitrogens with zero attached hydrogens (tertiary/aromatic N) is 1. The van der Waals surface area contributed by atoms with E-state index in [0.717, 1.165) is 11.1 Å². The van der Waals surface area contributed by atoms with E-state index in [1.807, 2.05) is 93.3 Å². The van der Waals surface area contributed by atoms with Gasteiger partial charge in [-0.1, -0.05) is 95.3 Å². The Morgan fingerprint density at radius 3 is 1.86 bits per heavy atom. The highest BCUT2D eigenvalue weighted by Crippen LogP contribution is 2.23. The normalized spacial score (nSPS) is 16.1. The summed E-state index contributed by atoms with van der Waals surface area (Å²) in [6, 6.07) is 14.6. The van der Waals surface area contributed by atoms with Crippen LogP contribution >= 0.6 is 0 Å². The molecular weight excluding hydrogens is 751 g/mol. The predicted molar refractivity (Wildman–Crippen MR) is 227 cm³/mol. The number of esters is 1. The summed E-state index contributed by atoms with van der Waals surface area (Å²) in [5, 5.41) is 11.6. The zero-order chi connectivity index (χ0) is 43.4. The van der Waals surface area contributed by atoms with Gasteiger partial charge in [-0.05, 0) is 62.0 Å². The fraction of sp³-hybridized carbons (Fsp3) is 0.565. The van der Waals surface area contributed by atoms with Crippen molar-refractivity contribution in [1.29, 1.82) is 0 Å². The van der Waals surface area contributed by atoms with Gasteiger partial charge in [-0.25, -0.2) is 0 Å². The van der Waals surface area contributed by atoms with Crippen LogP contribution in [0.3, 0.4) is 0 Å². The summed E-state index contributed by atoms with van der Waals surface area (Å²) in [5.41, 5.74) is 0.223. The summed E-state index contributed by atoms with van der Waals surface area (Å²) >= 11 is 0. The van der Waals surface area contributed by atoms with E-state index in [0.29, 0.717) is 39.1 Å². The monoisotopic (exact) mass is 815 g/mol. The molecule has 59 heavy (non-hydrogen) atoms. The maximum Gasteiger partial charge on any atom is 0.307 e. The van der Waals surface area contributed by atoms with Crippen molar-refractivity contribution in [2.24, 2.45) is 11.8 Å². The third-order valence-electron chi connectivity index (χ3n) is 10.3. The molecule has 3 rings (SSSR count). The van der Waals surface area contributed by atoms with Gasteiger partial charge in [-0.2, -0.15) is 0 Å². The number of amides is 4. The van der Waals surface area contributed by atoms with Gasteiger partial charge in [0, 0.05) is 25.9 Å². The average Bonchev–Trinajstić information content (AvgIpc) is 3.21. The highest BCUT2D eigenvalue weighted by atomic mass is 16.6. The molecule has 0 spiro atoms. The van der Waals surface area contributed by atoms with Crippen LogP contribution in [0.15, 0.2) is 60.7 Å². The number of carbonyl (C=O) groups is 6. The second kappa shape index (κ2) is 24.8. The van der Waals surface area contributed by atoms with Gasteiger partial charge in [-0.3, -0.25) is 33.7 Å². The van der Waals surface area contributed by atoms with Crippen LogP contribution in [0.1, 0.15) is 91.2 Å². The molecule has 0 aromatic heterocycles. The van der Waals surface area contributed by atoms with Crippen LogP contribution in [0.4, 0.5) is 0 Å². The van der Waals surface area contributed by atoms with E-state index in [1.165, 1.54) is 6.92 Å². The number of Topliss-reactive ketones (excluding diaryl/α,β-unsaturated/α-hetero) is 1. The lowest BCUT2D eigenvalue weighted by atomic mass is 9.87. The molecule has 1 aliphatic heterocycles. The number of terminal acetylenes is 1. The van der Waals surface area contributed by atoms with Crippen LogP contribution in [-0.2, 0) is 51.1 Å². The standard InChI is InChI=1S/C46H65N5O8/c1-8-10-21-41(53)59-46(7,9-2)42(54)37(28-32(3)4)48-45(57)39(30-35-19-15-12-16-20-35)50-44(56)38(29-33(5)6)49-43(55)36(23-22-34-17-13-11-14-18-34)47-40(52)31-51-24-26-58-27-25-51/h1,11-20,32-33,36-39H,9-10,21-31H2,2-7H3,(H,47,52)(H,48,57)(H,49,55)(H,50,56)/t36-,37-,38-,39-,46+/m0/s1. The fourth-order valence-electron chi connectivity index (χ4n) is 6.85. The van der Waals surface area contributed by atoms with Gasteiger partial charge in [0.05, 0.1) is 32.2 Å². The van der Waals surface area contributed by atoms with E-state index in [4.69, 9.17) is 15.9 Å². The second-order valence-electron chi connectivity index (χ2n) is 16.3. The van der Waals surface area contributed by atoms with Gasteiger partial charge >= 0.3 is 5.97 Å². The van der Waals surface area contributed by atoms with Gasteiger partial charge < -0.3 is 30.7 Å². The molecule has 4 amide bonds. The summed E-state index contributed by atoms with van der Waals surface area (Å²) in [6.07, 6.45) is 7.00. The van der Waals surface area contributed by atoms with E-state index in [-0.39, 0.29) is 62.8 Å². The molecule has 13 heteroatoms. The minimum absolute atomic E-state index is 0.0282. The molecule has 0 bridgehead atoms. The third kappa shape index (κ3) is 17.0. The number of hydrogen-bond donors (Lipinski definition) is 4. The zero-order valence-corrected chi connectivity index (χ0v) is 35.7. The molecule has 2 aromatic rings. The van der Waals surface area contributed by atoms with E-state index in [9.17, 15) is 28.8 Å². The van der Waals surface area contributed by atoms with Crippen molar-refractivity contribution in [3.63, 3.8) is 0 Å². The zero-order valence-electron chi connectivity index (χ0n) is 35.7. The number of aryl methyl sites for hydroxylation is 1. The van der Waals surface area contributed by atoms with Crippen LogP contribution in [-0.4, -0.2) is 103 Å². The first kappa shape index (κ1) is 48.3. The maximum absolute atomic E-state index is 14.3. The molecular formula is C46H65N5O8. The number of ether oxygens (including phenoxy) is 2. The van der Waals surface area contributed by atoms with Crippen LogP contribution in [0.25, 0.3) is 0 Å². The van der Waals surface area contributed by atoms with Crippen molar-refractivity contribution < 1.29 is 38.2 Å². The molecule has 0 aliphatic carbocycles. The molecule has 2 aromatic carbocycles. The molecule has 4 N–H and O–H groups in total. The molecule has 322 valence electrons. The Kier molecular flexibility index (Phi) is 20.3. The molecule has 13 nitrogen and oxygen atoms in total. The number of morpholine rings is 1. The lowest BCUT2D eigenvalue weighted by Crippen LogP contribution is -2.60. The van der Waals surface area contributed by atoms with Crippen molar-refractivity contribution in [3.05, 3.63) is 71.8 Å². The Balaban J connectivity index is 1.87. The largest absolute Gasteiger partial charge is 0.451 e. The number of nitrogens with one attached hydrogen (secondary N) is 4. The summed E-state index contributed by atoms with van der Waals surface area (Å²) in [6.45, 7) is 13.3. The van der Waals surface area contributed by atoms with E-state index < -0.39 is 59.2 Å². The Hall–Kier alpha value is -5.06. The first-order chi connectivity index (χ1) is 28.1. The number of ketones is 1. The van der Waals surface area contributed by atoms with E-state index >= 15 is 0 Å². The second-order valence-corrected chi connectivity index (χ2v) is 16.3.